The van der Waals surface area contributed by atoms with Gasteiger partial charge in [-0.2, -0.15) is 0 Å². The lowest BCUT2D eigenvalue weighted by Crippen LogP contribution is -2.33. The van der Waals surface area contributed by atoms with E-state index in [1.54, 1.807) is 0 Å². The van der Waals surface area contributed by atoms with Gasteiger partial charge in [0.2, 0.25) is 0 Å². The molecule has 2 heteroatoms. The van der Waals surface area contributed by atoms with Gasteiger partial charge >= 0.3 is 0 Å². The summed E-state index contributed by atoms with van der Waals surface area (Å²) in [7, 11) is 0. The predicted molar refractivity (Wildman–Crippen MR) is 50.9 cm³/mol. The lowest BCUT2D eigenvalue weighted by Gasteiger charge is -2.35. The Bertz CT molecular complexity index is 121. The van der Waals surface area contributed by atoms with Crippen LogP contribution in [-0.2, 0) is 0 Å². The minimum absolute atomic E-state index is 0.0725. The number of hydrogen-bond acceptors (Lipinski definition) is 2. The van der Waals surface area contributed by atoms with E-state index in [1.807, 2.05) is 20.8 Å². The number of hydrogen-bond donors (Lipinski definition) is 2. The molecule has 2 N–H and O–H groups in total. The van der Waals surface area contributed by atoms with E-state index in [-0.39, 0.29) is 24.5 Å². The van der Waals surface area contributed by atoms with E-state index in [9.17, 15) is 0 Å². The maximum atomic E-state index is 9.16. The van der Waals surface area contributed by atoms with Gasteiger partial charge in [0.1, 0.15) is 0 Å². The van der Waals surface area contributed by atoms with E-state index < -0.39 is 0 Å². The van der Waals surface area contributed by atoms with Crippen LogP contribution in [-0.4, -0.2) is 23.4 Å². The third kappa shape index (κ3) is 2.76. The standard InChI is InChI=1S/C10H22O2/c1-5-9(8(2)6-11)10(3,4)7-12/h8-9,11-12H,5-7H2,1-4H3. The van der Waals surface area contributed by atoms with E-state index in [4.69, 9.17) is 10.2 Å². The molecule has 2 atom stereocenters. The van der Waals surface area contributed by atoms with Crippen LogP contribution in [0.1, 0.15) is 34.1 Å². The van der Waals surface area contributed by atoms with Crippen molar-refractivity contribution in [2.24, 2.45) is 17.3 Å². The number of aliphatic hydroxyl groups is 2. The molecule has 12 heavy (non-hydrogen) atoms. The molecule has 0 spiro atoms. The van der Waals surface area contributed by atoms with Crippen LogP contribution in [0.15, 0.2) is 0 Å². The minimum atomic E-state index is -0.0725. The van der Waals surface area contributed by atoms with Gasteiger partial charge in [-0.1, -0.05) is 34.1 Å². The highest BCUT2D eigenvalue weighted by Gasteiger charge is 2.31. The second kappa shape index (κ2) is 4.83. The van der Waals surface area contributed by atoms with Gasteiger partial charge in [-0.3, -0.25) is 0 Å². The van der Waals surface area contributed by atoms with Gasteiger partial charge in [-0.15, -0.1) is 0 Å². The van der Waals surface area contributed by atoms with Gasteiger partial charge in [0.15, 0.2) is 0 Å². The van der Waals surface area contributed by atoms with Crippen LogP contribution in [0.2, 0.25) is 0 Å². The second-order valence-electron chi connectivity index (χ2n) is 4.32. The predicted octanol–water partition coefficient (Wildman–Crippen LogP) is 1.66. The molecule has 0 bridgehead atoms. The molecule has 0 aliphatic heterocycles. The summed E-state index contributed by atoms with van der Waals surface area (Å²) in [5.74, 6) is 0.671. The zero-order valence-electron chi connectivity index (χ0n) is 8.67. The summed E-state index contributed by atoms with van der Waals surface area (Å²) in [5, 5.41) is 18.2. The van der Waals surface area contributed by atoms with Crippen LogP contribution in [0.3, 0.4) is 0 Å². The van der Waals surface area contributed by atoms with E-state index in [1.165, 1.54) is 0 Å². The van der Waals surface area contributed by atoms with Crippen molar-refractivity contribution in [1.82, 2.24) is 0 Å². The molecule has 0 aromatic rings. The fourth-order valence-corrected chi connectivity index (χ4v) is 1.97. The van der Waals surface area contributed by atoms with Crippen LogP contribution in [0.4, 0.5) is 0 Å². The first-order valence-corrected chi connectivity index (χ1v) is 4.71. The van der Waals surface area contributed by atoms with Crippen molar-refractivity contribution in [3.63, 3.8) is 0 Å². The Balaban J connectivity index is 4.32. The highest BCUT2D eigenvalue weighted by Crippen LogP contribution is 2.34. The average Bonchev–Trinajstić information content (AvgIpc) is 2.05. The molecule has 0 aromatic heterocycles. The average molecular weight is 174 g/mol. The zero-order chi connectivity index (χ0) is 9.78. The van der Waals surface area contributed by atoms with Crippen molar-refractivity contribution < 1.29 is 10.2 Å². The Morgan fingerprint density at radius 1 is 1.25 bits per heavy atom. The maximum absolute atomic E-state index is 9.16. The first-order valence-electron chi connectivity index (χ1n) is 4.71. The van der Waals surface area contributed by atoms with Crippen molar-refractivity contribution >= 4 is 0 Å². The Morgan fingerprint density at radius 3 is 2.00 bits per heavy atom. The first kappa shape index (κ1) is 11.9. The zero-order valence-corrected chi connectivity index (χ0v) is 8.67. The van der Waals surface area contributed by atoms with E-state index in [0.717, 1.165) is 6.42 Å². The molecule has 0 radical (unpaired) electrons. The SMILES string of the molecule is CCC(C(C)CO)C(C)(C)CO. The fourth-order valence-electron chi connectivity index (χ4n) is 1.97. The summed E-state index contributed by atoms with van der Waals surface area (Å²) in [6, 6.07) is 0. The fraction of sp³-hybridized carbons (Fsp3) is 1.00. The van der Waals surface area contributed by atoms with Gasteiger partial charge in [-0.05, 0) is 17.3 Å². The van der Waals surface area contributed by atoms with Crippen molar-refractivity contribution in [3.8, 4) is 0 Å². The van der Waals surface area contributed by atoms with Gasteiger partial charge in [0.25, 0.3) is 0 Å². The lowest BCUT2D eigenvalue weighted by molar-refractivity contribution is 0.0415. The molecule has 0 fully saturated rings. The van der Waals surface area contributed by atoms with Crippen molar-refractivity contribution in [2.45, 2.75) is 34.1 Å². The van der Waals surface area contributed by atoms with E-state index >= 15 is 0 Å². The number of rotatable bonds is 5. The largest absolute Gasteiger partial charge is 0.396 e. The molecule has 0 saturated heterocycles. The van der Waals surface area contributed by atoms with Crippen LogP contribution >= 0.6 is 0 Å². The number of aliphatic hydroxyl groups excluding tert-OH is 2. The normalized spacial score (nSPS) is 17.5. The smallest absolute Gasteiger partial charge is 0.0484 e. The molecule has 0 amide bonds. The van der Waals surface area contributed by atoms with E-state index in [2.05, 4.69) is 6.92 Å². The molecule has 0 aromatic carbocycles. The third-order valence-electron chi connectivity index (χ3n) is 2.83. The Labute approximate surface area is 75.6 Å². The molecule has 0 rings (SSSR count). The Hall–Kier alpha value is -0.0800. The molecular formula is C10H22O2. The van der Waals surface area contributed by atoms with Gasteiger partial charge in [-0.25, -0.2) is 0 Å². The molecule has 74 valence electrons. The molecule has 2 unspecified atom stereocenters. The minimum Gasteiger partial charge on any atom is -0.396 e. The quantitative estimate of drug-likeness (QED) is 0.665. The summed E-state index contributed by atoms with van der Waals surface area (Å²) in [6.07, 6.45) is 1.01. The summed E-state index contributed by atoms with van der Waals surface area (Å²) in [5.41, 5.74) is -0.0725. The third-order valence-corrected chi connectivity index (χ3v) is 2.83. The lowest BCUT2D eigenvalue weighted by atomic mass is 9.72. The molecule has 0 heterocycles. The topological polar surface area (TPSA) is 40.5 Å². The van der Waals surface area contributed by atoms with Gasteiger partial charge < -0.3 is 10.2 Å². The van der Waals surface area contributed by atoms with E-state index in [0.29, 0.717) is 5.92 Å². The van der Waals surface area contributed by atoms with Crippen LogP contribution < -0.4 is 0 Å². The summed E-state index contributed by atoms with van der Waals surface area (Å²) < 4.78 is 0. The molecule has 0 saturated carbocycles. The highest BCUT2D eigenvalue weighted by molar-refractivity contribution is 4.80. The first-order chi connectivity index (χ1) is 5.49. The highest BCUT2D eigenvalue weighted by atomic mass is 16.3. The van der Waals surface area contributed by atoms with Crippen molar-refractivity contribution in [1.29, 1.82) is 0 Å². The van der Waals surface area contributed by atoms with Gasteiger partial charge in [0, 0.05) is 13.2 Å². The van der Waals surface area contributed by atoms with Crippen molar-refractivity contribution in [2.75, 3.05) is 13.2 Å². The summed E-state index contributed by atoms with van der Waals surface area (Å²) in [6.45, 7) is 8.64. The Morgan fingerprint density at radius 2 is 1.75 bits per heavy atom. The van der Waals surface area contributed by atoms with Crippen molar-refractivity contribution in [3.05, 3.63) is 0 Å². The van der Waals surface area contributed by atoms with Gasteiger partial charge in [0.05, 0.1) is 0 Å². The maximum Gasteiger partial charge on any atom is 0.0484 e. The molecule has 2 nitrogen and oxygen atoms in total. The molecule has 0 aliphatic rings. The monoisotopic (exact) mass is 174 g/mol. The summed E-state index contributed by atoms with van der Waals surface area (Å²) >= 11 is 0. The molecule has 0 aliphatic carbocycles. The Kier molecular flexibility index (Phi) is 4.80. The van der Waals surface area contributed by atoms with Crippen LogP contribution in [0.25, 0.3) is 0 Å². The van der Waals surface area contributed by atoms with Crippen LogP contribution in [0, 0.1) is 17.3 Å². The van der Waals surface area contributed by atoms with Crippen LogP contribution in [0.5, 0.6) is 0 Å². The molecular weight excluding hydrogens is 152 g/mol. The second-order valence-corrected chi connectivity index (χ2v) is 4.32. The summed E-state index contributed by atoms with van der Waals surface area (Å²) in [4.78, 5) is 0.